The van der Waals surface area contributed by atoms with Gasteiger partial charge in [-0.3, -0.25) is 9.69 Å². The Bertz CT molecular complexity index is 525. The van der Waals surface area contributed by atoms with Crippen LogP contribution in [0, 0.1) is 0 Å². The number of piperazine rings is 1. The van der Waals surface area contributed by atoms with Gasteiger partial charge in [-0.1, -0.05) is 6.92 Å². The molecule has 0 bridgehead atoms. The molecule has 1 amide bonds. The number of nitrogens with zero attached hydrogens (tertiary/aromatic N) is 1. The smallest absolute Gasteiger partial charge is 0.224 e. The second-order valence-corrected chi connectivity index (χ2v) is 6.70. The van der Waals surface area contributed by atoms with Gasteiger partial charge in [-0.15, -0.1) is 0 Å². The highest BCUT2D eigenvalue weighted by Crippen LogP contribution is 2.23. The summed E-state index contributed by atoms with van der Waals surface area (Å²) in [5, 5.41) is 16.7. The van der Waals surface area contributed by atoms with E-state index in [1.54, 1.807) is 0 Å². The molecule has 2 rings (SSSR count). The van der Waals surface area contributed by atoms with Crippen LogP contribution in [0.25, 0.3) is 0 Å². The van der Waals surface area contributed by atoms with Crippen molar-refractivity contribution in [3.63, 3.8) is 0 Å². The Morgan fingerprint density at radius 1 is 1.33 bits per heavy atom. The Morgan fingerprint density at radius 3 is 2.54 bits per heavy atom. The molecular weight excluding hydrogens is 306 g/mol. The number of aliphatic hydroxyl groups is 1. The van der Waals surface area contributed by atoms with Crippen molar-refractivity contribution in [2.75, 3.05) is 38.0 Å². The van der Waals surface area contributed by atoms with E-state index in [0.717, 1.165) is 31.9 Å². The van der Waals surface area contributed by atoms with Gasteiger partial charge in [0.25, 0.3) is 0 Å². The van der Waals surface area contributed by atoms with Crippen molar-refractivity contribution in [1.82, 2.24) is 10.2 Å². The number of nitrogens with one attached hydrogen (secondary N) is 2. The Hall–Kier alpha value is -1.63. The standard InChI is InChI=1S/C18H29N3O3/c1-4-17(23)20-14-5-7-15(8-6-14)24-18(2,3)16(22)13-21-11-9-19-10-12-21/h5-8,16,19,22H,4,9-13H2,1-3H3,(H,20,23). The Labute approximate surface area is 144 Å². The molecule has 6 nitrogen and oxygen atoms in total. The molecule has 0 radical (unpaired) electrons. The molecule has 1 aliphatic rings. The van der Waals surface area contributed by atoms with E-state index in [1.807, 2.05) is 45.0 Å². The molecule has 1 aliphatic heterocycles. The van der Waals surface area contributed by atoms with Gasteiger partial charge in [0.2, 0.25) is 5.91 Å². The molecule has 1 fully saturated rings. The fraction of sp³-hybridized carbons (Fsp3) is 0.611. The molecule has 1 atom stereocenters. The first-order chi connectivity index (χ1) is 11.4. The molecule has 6 heteroatoms. The zero-order chi connectivity index (χ0) is 17.6. The van der Waals surface area contributed by atoms with Crippen LogP contribution >= 0.6 is 0 Å². The summed E-state index contributed by atoms with van der Waals surface area (Å²) in [5.41, 5.74) is 0.0485. The van der Waals surface area contributed by atoms with Gasteiger partial charge in [-0.25, -0.2) is 0 Å². The van der Waals surface area contributed by atoms with Gasteiger partial charge in [0, 0.05) is 44.8 Å². The maximum atomic E-state index is 11.4. The zero-order valence-corrected chi connectivity index (χ0v) is 14.8. The number of aliphatic hydroxyl groups excluding tert-OH is 1. The number of carbonyl (C=O) groups is 1. The molecule has 1 heterocycles. The van der Waals surface area contributed by atoms with Crippen molar-refractivity contribution in [2.45, 2.75) is 38.9 Å². The summed E-state index contributed by atoms with van der Waals surface area (Å²) in [5.74, 6) is 0.657. The fourth-order valence-electron chi connectivity index (χ4n) is 2.59. The van der Waals surface area contributed by atoms with E-state index >= 15 is 0 Å². The van der Waals surface area contributed by atoms with E-state index in [0.29, 0.717) is 18.7 Å². The Morgan fingerprint density at radius 2 is 1.96 bits per heavy atom. The number of benzene rings is 1. The third-order valence-corrected chi connectivity index (χ3v) is 4.28. The van der Waals surface area contributed by atoms with Crippen molar-refractivity contribution in [3.8, 4) is 5.75 Å². The molecule has 3 N–H and O–H groups in total. The maximum Gasteiger partial charge on any atom is 0.224 e. The van der Waals surface area contributed by atoms with E-state index < -0.39 is 11.7 Å². The summed E-state index contributed by atoms with van der Waals surface area (Å²) in [4.78, 5) is 13.6. The van der Waals surface area contributed by atoms with Crippen molar-refractivity contribution in [1.29, 1.82) is 0 Å². The molecular formula is C18H29N3O3. The molecule has 1 saturated heterocycles. The number of rotatable bonds is 7. The molecule has 1 aromatic carbocycles. The van der Waals surface area contributed by atoms with Gasteiger partial charge in [0.1, 0.15) is 17.5 Å². The summed E-state index contributed by atoms with van der Waals surface area (Å²) >= 11 is 0. The maximum absolute atomic E-state index is 11.4. The van der Waals surface area contributed by atoms with Crippen LogP contribution in [0.5, 0.6) is 5.75 Å². The minimum absolute atomic E-state index is 0.0181. The SMILES string of the molecule is CCC(=O)Nc1ccc(OC(C)(C)C(O)CN2CCNCC2)cc1. The number of carbonyl (C=O) groups excluding carboxylic acids is 1. The summed E-state index contributed by atoms with van der Waals surface area (Å²) in [6.45, 7) is 10.0. The van der Waals surface area contributed by atoms with Crippen LogP contribution in [-0.4, -0.2) is 60.3 Å². The number of β-amino-alcohol motifs (C(OH)–C–C–N with tert-alkyl or cyclic N) is 1. The van der Waals surface area contributed by atoms with Gasteiger partial charge >= 0.3 is 0 Å². The van der Waals surface area contributed by atoms with E-state index in [9.17, 15) is 9.90 Å². The van der Waals surface area contributed by atoms with Crippen molar-refractivity contribution in [3.05, 3.63) is 24.3 Å². The first-order valence-electron chi connectivity index (χ1n) is 8.61. The highest BCUT2D eigenvalue weighted by molar-refractivity contribution is 5.90. The average Bonchev–Trinajstić information content (AvgIpc) is 2.57. The largest absolute Gasteiger partial charge is 0.485 e. The normalized spacial score (nSPS) is 17.3. The third-order valence-electron chi connectivity index (χ3n) is 4.28. The van der Waals surface area contributed by atoms with Crippen LogP contribution in [0.3, 0.4) is 0 Å². The minimum atomic E-state index is -0.695. The number of hydrogen-bond donors (Lipinski definition) is 3. The number of ether oxygens (including phenoxy) is 1. The molecule has 134 valence electrons. The lowest BCUT2D eigenvalue weighted by Gasteiger charge is -2.36. The first-order valence-corrected chi connectivity index (χ1v) is 8.61. The molecule has 0 saturated carbocycles. The predicted molar refractivity (Wildman–Crippen MR) is 95.4 cm³/mol. The molecule has 0 aromatic heterocycles. The van der Waals surface area contributed by atoms with Crippen LogP contribution in [-0.2, 0) is 4.79 Å². The van der Waals surface area contributed by atoms with Gasteiger partial charge < -0.3 is 20.5 Å². The highest BCUT2D eigenvalue weighted by Gasteiger charge is 2.31. The van der Waals surface area contributed by atoms with Crippen LogP contribution in [0.2, 0.25) is 0 Å². The van der Waals surface area contributed by atoms with Crippen LogP contribution in [0.4, 0.5) is 5.69 Å². The predicted octanol–water partition coefficient (Wildman–Crippen LogP) is 1.46. The van der Waals surface area contributed by atoms with Crippen molar-refractivity contribution >= 4 is 11.6 Å². The van der Waals surface area contributed by atoms with Crippen LogP contribution in [0.1, 0.15) is 27.2 Å². The fourth-order valence-corrected chi connectivity index (χ4v) is 2.59. The van der Waals surface area contributed by atoms with Gasteiger partial charge in [0.05, 0.1) is 0 Å². The topological polar surface area (TPSA) is 73.8 Å². The monoisotopic (exact) mass is 335 g/mol. The third kappa shape index (κ3) is 5.47. The summed E-state index contributed by atoms with van der Waals surface area (Å²) in [7, 11) is 0. The minimum Gasteiger partial charge on any atom is -0.485 e. The molecule has 0 aliphatic carbocycles. The zero-order valence-electron chi connectivity index (χ0n) is 14.8. The molecule has 1 aromatic rings. The van der Waals surface area contributed by atoms with Gasteiger partial charge in [-0.2, -0.15) is 0 Å². The molecule has 1 unspecified atom stereocenters. The Kier molecular flexibility index (Phi) is 6.60. The summed E-state index contributed by atoms with van der Waals surface area (Å²) in [6, 6.07) is 7.23. The highest BCUT2D eigenvalue weighted by atomic mass is 16.5. The molecule has 0 spiro atoms. The number of hydrogen-bond acceptors (Lipinski definition) is 5. The first kappa shape index (κ1) is 18.7. The Balaban J connectivity index is 1.90. The van der Waals surface area contributed by atoms with Gasteiger partial charge in [0.15, 0.2) is 0 Å². The van der Waals surface area contributed by atoms with Crippen molar-refractivity contribution in [2.24, 2.45) is 0 Å². The average molecular weight is 335 g/mol. The second kappa shape index (κ2) is 8.46. The van der Waals surface area contributed by atoms with Crippen LogP contribution < -0.4 is 15.4 Å². The summed E-state index contributed by atoms with van der Waals surface area (Å²) in [6.07, 6.45) is -0.140. The van der Waals surface area contributed by atoms with E-state index in [2.05, 4.69) is 15.5 Å². The van der Waals surface area contributed by atoms with Crippen LogP contribution in [0.15, 0.2) is 24.3 Å². The second-order valence-electron chi connectivity index (χ2n) is 6.70. The summed E-state index contributed by atoms with van der Waals surface area (Å²) < 4.78 is 5.99. The lowest BCUT2D eigenvalue weighted by atomic mass is 10.0. The van der Waals surface area contributed by atoms with Crippen molar-refractivity contribution < 1.29 is 14.6 Å². The van der Waals surface area contributed by atoms with E-state index in [4.69, 9.17) is 4.74 Å². The molecule has 24 heavy (non-hydrogen) atoms. The number of anilines is 1. The quantitative estimate of drug-likeness (QED) is 0.703. The lowest BCUT2D eigenvalue weighted by molar-refractivity contribution is -0.115. The number of amides is 1. The van der Waals surface area contributed by atoms with Gasteiger partial charge in [-0.05, 0) is 38.1 Å². The lowest BCUT2D eigenvalue weighted by Crippen LogP contribution is -2.52. The van der Waals surface area contributed by atoms with E-state index in [-0.39, 0.29) is 5.91 Å². The van der Waals surface area contributed by atoms with E-state index in [1.165, 1.54) is 0 Å².